The number of hydrogen-bond donors (Lipinski definition) is 0. The molecule has 1 heteroatoms. The molecule has 1 rings (SSSR count). The summed E-state index contributed by atoms with van der Waals surface area (Å²) < 4.78 is 0. The van der Waals surface area contributed by atoms with Gasteiger partial charge in [0.1, 0.15) is 0 Å². The molecule has 0 fully saturated rings. The van der Waals surface area contributed by atoms with Gasteiger partial charge < -0.3 is 0 Å². The number of hydrogen-bond acceptors (Lipinski definition) is 1. The van der Waals surface area contributed by atoms with Crippen molar-refractivity contribution in [2.75, 3.05) is 0 Å². The maximum absolute atomic E-state index is 10.0. The van der Waals surface area contributed by atoms with Gasteiger partial charge in [0, 0.05) is 0 Å². The minimum Gasteiger partial charge on any atom is -0.295 e. The first kappa shape index (κ1) is 18.7. The first-order chi connectivity index (χ1) is 8.36. The van der Waals surface area contributed by atoms with Crippen LogP contribution in [0.2, 0.25) is 0 Å². The summed E-state index contributed by atoms with van der Waals surface area (Å²) in [6.07, 6.45) is 1.25. The van der Waals surface area contributed by atoms with Crippen LogP contribution >= 0.6 is 0 Å². The number of carbonyl (C=O) groups excluding carboxylic acids is 1. The summed E-state index contributed by atoms with van der Waals surface area (Å²) in [6.45, 7) is 16.7. The van der Waals surface area contributed by atoms with Crippen molar-refractivity contribution in [2.45, 2.75) is 41.0 Å². The van der Waals surface area contributed by atoms with Gasteiger partial charge in [-0.25, -0.2) is 0 Å². The van der Waals surface area contributed by atoms with Crippen LogP contribution in [0.4, 0.5) is 0 Å². The average molecular weight is 246 g/mol. The lowest BCUT2D eigenvalue weighted by Crippen LogP contribution is -1.86. The molecule has 0 aliphatic carbocycles. The Balaban J connectivity index is 0. The van der Waals surface area contributed by atoms with Crippen LogP contribution < -0.4 is 0 Å². The molecule has 0 radical (unpaired) electrons. The van der Waals surface area contributed by atoms with Crippen molar-refractivity contribution in [3.05, 3.63) is 54.6 Å². The fourth-order valence-corrected chi connectivity index (χ4v) is 0.723. The van der Waals surface area contributed by atoms with Gasteiger partial charge in [-0.2, -0.15) is 0 Å². The van der Waals surface area contributed by atoms with E-state index in [9.17, 15) is 4.79 Å². The molecule has 0 heterocycles. The van der Waals surface area contributed by atoms with Crippen molar-refractivity contribution in [3.63, 3.8) is 0 Å². The van der Waals surface area contributed by atoms with Crippen molar-refractivity contribution in [1.82, 2.24) is 0 Å². The number of rotatable bonds is 2. The highest BCUT2D eigenvalue weighted by Gasteiger charge is 1.86. The van der Waals surface area contributed by atoms with Crippen molar-refractivity contribution in [2.24, 2.45) is 0 Å². The van der Waals surface area contributed by atoms with Crippen LogP contribution in [0.5, 0.6) is 0 Å². The first-order valence-electron chi connectivity index (χ1n) is 6.24. The predicted octanol–water partition coefficient (Wildman–Crippen LogP) is 5.29. The zero-order valence-corrected chi connectivity index (χ0v) is 12.4. The summed E-state index contributed by atoms with van der Waals surface area (Å²) in [6, 6.07) is 10.2. The summed E-state index contributed by atoms with van der Waals surface area (Å²) in [5, 5.41) is 0. The van der Waals surface area contributed by atoms with Gasteiger partial charge in [-0.05, 0) is 31.9 Å². The lowest BCUT2D eigenvalue weighted by molar-refractivity contribution is -0.113. The molecule has 0 saturated heterocycles. The highest BCUT2D eigenvalue weighted by atomic mass is 16.1. The predicted molar refractivity (Wildman–Crippen MR) is 82.6 cm³/mol. The second kappa shape index (κ2) is 11.8. The van der Waals surface area contributed by atoms with Crippen molar-refractivity contribution in [1.29, 1.82) is 0 Å². The van der Waals surface area contributed by atoms with Crippen LogP contribution in [0, 0.1) is 0 Å². The van der Waals surface area contributed by atoms with Crippen molar-refractivity contribution >= 4 is 11.4 Å². The lowest BCUT2D eigenvalue weighted by atomic mass is 10.1. The monoisotopic (exact) mass is 246 g/mol. The molecule has 0 bridgehead atoms. The second-order valence-electron chi connectivity index (χ2n) is 4.19. The summed E-state index contributed by atoms with van der Waals surface area (Å²) in [4.78, 5) is 10.0. The quantitative estimate of drug-likeness (QED) is 0.648. The summed E-state index contributed by atoms with van der Waals surface area (Å²) in [5.41, 5.74) is 2.96. The van der Waals surface area contributed by atoms with E-state index in [1.165, 1.54) is 18.9 Å². The van der Waals surface area contributed by atoms with E-state index in [1.807, 2.05) is 25.1 Å². The third-order valence-corrected chi connectivity index (χ3v) is 1.87. The molecule has 0 aliphatic heterocycles. The zero-order valence-electron chi connectivity index (χ0n) is 12.4. The second-order valence-corrected chi connectivity index (χ2v) is 4.19. The van der Waals surface area contributed by atoms with Crippen LogP contribution in [0.15, 0.2) is 49.1 Å². The molecule has 0 aliphatic rings. The summed E-state index contributed by atoms with van der Waals surface area (Å²) >= 11 is 0. The number of ketones is 1. The number of carbonyl (C=O) groups is 1. The Morgan fingerprint density at radius 1 is 1.00 bits per heavy atom. The Morgan fingerprint density at radius 2 is 1.33 bits per heavy atom. The van der Waals surface area contributed by atoms with Crippen molar-refractivity contribution < 1.29 is 4.79 Å². The molecule has 0 atom stereocenters. The van der Waals surface area contributed by atoms with Crippen molar-refractivity contribution in [3.8, 4) is 0 Å². The molecule has 1 aromatic carbocycles. The van der Waals surface area contributed by atoms with Crippen LogP contribution in [-0.2, 0) is 4.79 Å². The molecular formula is C17H26O. The van der Waals surface area contributed by atoms with Gasteiger partial charge in [0.05, 0.1) is 0 Å². The van der Waals surface area contributed by atoms with Gasteiger partial charge in [0.15, 0.2) is 5.78 Å². The van der Waals surface area contributed by atoms with Gasteiger partial charge in [0.25, 0.3) is 0 Å². The molecular weight excluding hydrogens is 220 g/mol. The zero-order chi connectivity index (χ0) is 14.6. The third kappa shape index (κ3) is 12.4. The maximum atomic E-state index is 10.0. The lowest BCUT2D eigenvalue weighted by Gasteiger charge is -1.94. The SMILES string of the molecule is C=C(C)C(C)=O.C=C(C)c1ccccc1.CCC. The van der Waals surface area contributed by atoms with Crippen LogP contribution in [-0.4, -0.2) is 5.78 Å². The van der Waals surface area contributed by atoms with E-state index in [0.29, 0.717) is 5.57 Å². The summed E-state index contributed by atoms with van der Waals surface area (Å²) in [5.74, 6) is 0.0648. The third-order valence-electron chi connectivity index (χ3n) is 1.87. The fourth-order valence-electron chi connectivity index (χ4n) is 0.723. The molecule has 0 unspecified atom stereocenters. The Labute approximate surface area is 112 Å². The van der Waals surface area contributed by atoms with E-state index in [-0.39, 0.29) is 5.78 Å². The molecule has 0 saturated carbocycles. The van der Waals surface area contributed by atoms with Gasteiger partial charge in [-0.3, -0.25) is 4.79 Å². The Morgan fingerprint density at radius 3 is 1.50 bits per heavy atom. The van der Waals surface area contributed by atoms with E-state index in [2.05, 4.69) is 39.1 Å². The highest BCUT2D eigenvalue weighted by Crippen LogP contribution is 2.08. The van der Waals surface area contributed by atoms with E-state index in [0.717, 1.165) is 5.57 Å². The van der Waals surface area contributed by atoms with Crippen LogP contribution in [0.1, 0.15) is 46.6 Å². The van der Waals surface area contributed by atoms with Gasteiger partial charge in [-0.15, -0.1) is 0 Å². The van der Waals surface area contributed by atoms with Gasteiger partial charge in [-0.1, -0.05) is 69.3 Å². The van der Waals surface area contributed by atoms with Gasteiger partial charge in [0.2, 0.25) is 0 Å². The minimum absolute atomic E-state index is 0.0648. The van der Waals surface area contributed by atoms with Crippen LogP contribution in [0.25, 0.3) is 5.57 Å². The maximum Gasteiger partial charge on any atom is 0.154 e. The molecule has 0 amide bonds. The normalized spacial score (nSPS) is 8.06. The topological polar surface area (TPSA) is 17.1 Å². The molecule has 0 aromatic heterocycles. The highest BCUT2D eigenvalue weighted by molar-refractivity contribution is 5.91. The largest absolute Gasteiger partial charge is 0.295 e. The van der Waals surface area contributed by atoms with E-state index < -0.39 is 0 Å². The number of allylic oxidation sites excluding steroid dienone is 2. The smallest absolute Gasteiger partial charge is 0.154 e. The Bertz CT molecular complexity index is 348. The molecule has 0 spiro atoms. The Hall–Kier alpha value is -1.63. The Kier molecular flexibility index (Phi) is 12.3. The van der Waals surface area contributed by atoms with Crippen LogP contribution in [0.3, 0.4) is 0 Å². The van der Waals surface area contributed by atoms with E-state index in [1.54, 1.807) is 6.92 Å². The average Bonchev–Trinajstić information content (AvgIpc) is 2.32. The van der Waals surface area contributed by atoms with Gasteiger partial charge >= 0.3 is 0 Å². The molecule has 100 valence electrons. The molecule has 18 heavy (non-hydrogen) atoms. The molecule has 1 aromatic rings. The fraction of sp³-hybridized carbons (Fsp3) is 0.353. The number of Topliss-reactive ketones (excluding diaryl/α,β-unsaturated/α-hetero) is 1. The molecule has 0 N–H and O–H groups in total. The van der Waals surface area contributed by atoms with E-state index in [4.69, 9.17) is 0 Å². The van der Waals surface area contributed by atoms with E-state index >= 15 is 0 Å². The first-order valence-corrected chi connectivity index (χ1v) is 6.24. The summed E-state index contributed by atoms with van der Waals surface area (Å²) in [7, 11) is 0. The standard InChI is InChI=1S/C9H10.C5H8O.C3H8/c1-8(2)9-6-4-3-5-7-9;1-4(2)5(3)6;1-3-2/h3-7H,1H2,2H3;1H2,2-3H3;3H2,1-2H3. The number of benzene rings is 1. The minimum atomic E-state index is 0.0648. The molecule has 1 nitrogen and oxygen atoms in total.